The van der Waals surface area contributed by atoms with E-state index in [1.807, 2.05) is 18.2 Å². The Morgan fingerprint density at radius 2 is 2.31 bits per heavy atom. The molecule has 0 aliphatic heterocycles. The molecular formula is C7H5IN4O. The lowest BCUT2D eigenvalue weighted by molar-refractivity contribution is 0.779. The minimum Gasteiger partial charge on any atom is -0.244 e. The standard InChI is InChI=1S/C7H5IN4O/c8-5-2-1-3-6(4-5)12-7(13)9-10-11-12/h1-4H,(H,9,11,13). The quantitative estimate of drug-likeness (QED) is 0.780. The highest BCUT2D eigenvalue weighted by molar-refractivity contribution is 14.1. The largest absolute Gasteiger partial charge is 0.365 e. The first-order valence-corrected chi connectivity index (χ1v) is 4.61. The monoisotopic (exact) mass is 288 g/mol. The minimum absolute atomic E-state index is 0.331. The van der Waals surface area contributed by atoms with E-state index >= 15 is 0 Å². The Morgan fingerprint density at radius 1 is 1.46 bits per heavy atom. The van der Waals surface area contributed by atoms with Crippen molar-refractivity contribution in [3.05, 3.63) is 38.3 Å². The first-order valence-electron chi connectivity index (χ1n) is 3.54. The summed E-state index contributed by atoms with van der Waals surface area (Å²) in [5.41, 5.74) is 0.382. The second-order valence-electron chi connectivity index (χ2n) is 2.40. The van der Waals surface area contributed by atoms with Gasteiger partial charge in [-0.05, 0) is 51.2 Å². The predicted molar refractivity (Wildman–Crippen MR) is 54.7 cm³/mol. The van der Waals surface area contributed by atoms with Crippen molar-refractivity contribution in [2.45, 2.75) is 0 Å². The van der Waals surface area contributed by atoms with Crippen LogP contribution < -0.4 is 5.69 Å². The van der Waals surface area contributed by atoms with Crippen molar-refractivity contribution in [2.24, 2.45) is 0 Å². The first-order chi connectivity index (χ1) is 6.27. The smallest absolute Gasteiger partial charge is 0.244 e. The normalized spacial score (nSPS) is 10.2. The highest BCUT2D eigenvalue weighted by Gasteiger charge is 2.01. The summed E-state index contributed by atoms with van der Waals surface area (Å²) in [5, 5.41) is 9.25. The number of nitrogens with one attached hydrogen (secondary N) is 1. The van der Waals surface area contributed by atoms with E-state index in [2.05, 4.69) is 38.1 Å². The molecule has 0 spiro atoms. The zero-order chi connectivity index (χ0) is 9.26. The molecule has 6 heteroatoms. The number of hydrogen-bond donors (Lipinski definition) is 1. The summed E-state index contributed by atoms with van der Waals surface area (Å²) >= 11 is 2.17. The molecule has 0 fully saturated rings. The molecule has 66 valence electrons. The van der Waals surface area contributed by atoms with Crippen LogP contribution in [0.2, 0.25) is 0 Å². The first kappa shape index (κ1) is 8.42. The van der Waals surface area contributed by atoms with Gasteiger partial charge >= 0.3 is 5.69 Å². The number of halogens is 1. The van der Waals surface area contributed by atoms with Gasteiger partial charge in [0.05, 0.1) is 5.69 Å². The number of benzene rings is 1. The fourth-order valence-electron chi connectivity index (χ4n) is 0.975. The highest BCUT2D eigenvalue weighted by Crippen LogP contribution is 2.08. The molecule has 13 heavy (non-hydrogen) atoms. The molecule has 2 rings (SSSR count). The molecule has 0 saturated heterocycles. The molecule has 0 aliphatic rings. The van der Waals surface area contributed by atoms with Crippen LogP contribution in [0.1, 0.15) is 0 Å². The van der Waals surface area contributed by atoms with E-state index in [4.69, 9.17) is 0 Å². The van der Waals surface area contributed by atoms with Gasteiger partial charge in [-0.15, -0.1) is 0 Å². The molecule has 0 radical (unpaired) electrons. The van der Waals surface area contributed by atoms with E-state index in [1.54, 1.807) is 6.07 Å². The Bertz CT molecular complexity index is 475. The number of rotatable bonds is 1. The van der Waals surface area contributed by atoms with E-state index in [-0.39, 0.29) is 5.69 Å². The number of aromatic amines is 1. The van der Waals surface area contributed by atoms with Crippen molar-refractivity contribution in [3.63, 3.8) is 0 Å². The Labute approximate surface area is 86.9 Å². The Kier molecular flexibility index (Phi) is 2.13. The summed E-state index contributed by atoms with van der Waals surface area (Å²) in [6.07, 6.45) is 0. The van der Waals surface area contributed by atoms with E-state index < -0.39 is 0 Å². The number of nitrogens with zero attached hydrogens (tertiary/aromatic N) is 3. The number of H-pyrrole nitrogens is 1. The fraction of sp³-hybridized carbons (Fsp3) is 0. The van der Waals surface area contributed by atoms with E-state index in [1.165, 1.54) is 4.68 Å². The van der Waals surface area contributed by atoms with Crippen LogP contribution in [0.5, 0.6) is 0 Å². The molecular weight excluding hydrogens is 283 g/mol. The van der Waals surface area contributed by atoms with Crippen molar-refractivity contribution in [1.82, 2.24) is 20.2 Å². The van der Waals surface area contributed by atoms with Gasteiger partial charge in [0, 0.05) is 3.57 Å². The average molecular weight is 288 g/mol. The van der Waals surface area contributed by atoms with Crippen LogP contribution in [-0.2, 0) is 0 Å². The van der Waals surface area contributed by atoms with Crippen LogP contribution in [-0.4, -0.2) is 20.2 Å². The van der Waals surface area contributed by atoms with Gasteiger partial charge in [0.2, 0.25) is 0 Å². The Hall–Kier alpha value is -1.18. The summed E-state index contributed by atoms with van der Waals surface area (Å²) in [6, 6.07) is 7.45. The fourth-order valence-corrected chi connectivity index (χ4v) is 1.50. The van der Waals surface area contributed by atoms with Gasteiger partial charge in [-0.25, -0.2) is 9.89 Å². The van der Waals surface area contributed by atoms with Crippen molar-refractivity contribution in [2.75, 3.05) is 0 Å². The van der Waals surface area contributed by atoms with Gasteiger partial charge < -0.3 is 0 Å². The summed E-state index contributed by atoms with van der Waals surface area (Å²) in [7, 11) is 0. The molecule has 0 bridgehead atoms. The Morgan fingerprint density at radius 3 is 2.92 bits per heavy atom. The second kappa shape index (κ2) is 3.29. The SMILES string of the molecule is O=c1[nH]nnn1-c1cccc(I)c1. The predicted octanol–water partition coefficient (Wildman–Crippen LogP) is 0.560. The molecule has 1 N–H and O–H groups in total. The Balaban J connectivity index is 2.59. The third kappa shape index (κ3) is 1.62. The zero-order valence-electron chi connectivity index (χ0n) is 6.44. The van der Waals surface area contributed by atoms with Gasteiger partial charge in [-0.3, -0.25) is 0 Å². The van der Waals surface area contributed by atoms with Crippen molar-refractivity contribution in [3.8, 4) is 5.69 Å². The topological polar surface area (TPSA) is 63.6 Å². The average Bonchev–Trinajstić information content (AvgIpc) is 2.51. The molecule has 0 saturated carbocycles. The lowest BCUT2D eigenvalue weighted by Gasteiger charge is -1.97. The maximum Gasteiger partial charge on any atom is 0.365 e. The van der Waals surface area contributed by atoms with Gasteiger partial charge in [0.15, 0.2) is 0 Å². The molecule has 2 aromatic rings. The van der Waals surface area contributed by atoms with Gasteiger partial charge in [-0.1, -0.05) is 6.07 Å². The lowest BCUT2D eigenvalue weighted by Crippen LogP contribution is -2.15. The van der Waals surface area contributed by atoms with E-state index in [0.29, 0.717) is 5.69 Å². The lowest BCUT2D eigenvalue weighted by atomic mass is 10.3. The third-order valence-corrected chi connectivity index (χ3v) is 2.20. The van der Waals surface area contributed by atoms with E-state index in [0.717, 1.165) is 3.57 Å². The molecule has 0 amide bonds. The van der Waals surface area contributed by atoms with Crippen LogP contribution in [0.15, 0.2) is 29.1 Å². The highest BCUT2D eigenvalue weighted by atomic mass is 127. The van der Waals surface area contributed by atoms with Crippen LogP contribution in [0.3, 0.4) is 0 Å². The summed E-state index contributed by atoms with van der Waals surface area (Å²) in [6.45, 7) is 0. The van der Waals surface area contributed by atoms with Crippen molar-refractivity contribution >= 4 is 22.6 Å². The molecule has 1 aromatic heterocycles. The molecule has 1 aromatic carbocycles. The van der Waals surface area contributed by atoms with Crippen LogP contribution in [0, 0.1) is 3.57 Å². The molecule has 0 aliphatic carbocycles. The zero-order valence-corrected chi connectivity index (χ0v) is 8.59. The van der Waals surface area contributed by atoms with Crippen LogP contribution in [0.25, 0.3) is 5.69 Å². The molecule has 0 unspecified atom stereocenters. The molecule has 5 nitrogen and oxygen atoms in total. The van der Waals surface area contributed by atoms with Crippen LogP contribution in [0.4, 0.5) is 0 Å². The van der Waals surface area contributed by atoms with Crippen molar-refractivity contribution in [1.29, 1.82) is 0 Å². The van der Waals surface area contributed by atoms with E-state index in [9.17, 15) is 4.79 Å². The van der Waals surface area contributed by atoms with Gasteiger partial charge in [0.1, 0.15) is 0 Å². The number of hydrogen-bond acceptors (Lipinski definition) is 3. The number of aromatic nitrogens is 4. The summed E-state index contributed by atoms with van der Waals surface area (Å²) in [4.78, 5) is 11.1. The number of tetrazole rings is 1. The van der Waals surface area contributed by atoms with Gasteiger partial charge in [-0.2, -0.15) is 4.68 Å². The van der Waals surface area contributed by atoms with Gasteiger partial charge in [0.25, 0.3) is 0 Å². The third-order valence-electron chi connectivity index (χ3n) is 1.52. The summed E-state index contributed by atoms with van der Waals surface area (Å²) < 4.78 is 2.26. The maximum atomic E-state index is 11.1. The van der Waals surface area contributed by atoms with Crippen LogP contribution >= 0.6 is 22.6 Å². The van der Waals surface area contributed by atoms with Crippen molar-refractivity contribution < 1.29 is 0 Å². The molecule has 1 heterocycles. The maximum absolute atomic E-state index is 11.1. The molecule has 0 atom stereocenters. The minimum atomic E-state index is -0.331. The summed E-state index contributed by atoms with van der Waals surface area (Å²) in [5.74, 6) is 0. The second-order valence-corrected chi connectivity index (χ2v) is 3.64.